The number of carbonyl (C=O) groups is 1. The van der Waals surface area contributed by atoms with Gasteiger partial charge in [0.1, 0.15) is 17.0 Å². The number of fused-ring (bicyclic) bond motifs is 1. The number of aldehydes is 1. The average Bonchev–Trinajstić information content (AvgIpc) is 2.80. The number of rotatable bonds is 2. The molecule has 3 rings (SSSR count). The standard InChI is InChI=1S/C13H9N3O2/c17-8-11-15-12(9-3-5-14-6-4-9)13-10(18)2-1-7-16(11)13/h1-8,18H. The monoisotopic (exact) mass is 239 g/mol. The Bertz CT molecular complexity index is 720. The molecule has 0 bridgehead atoms. The molecule has 88 valence electrons. The molecule has 1 N–H and O–H groups in total. The number of hydrogen-bond acceptors (Lipinski definition) is 4. The van der Waals surface area contributed by atoms with Crippen molar-refractivity contribution in [3.05, 3.63) is 48.7 Å². The van der Waals surface area contributed by atoms with Crippen molar-refractivity contribution in [3.8, 4) is 17.0 Å². The zero-order valence-corrected chi connectivity index (χ0v) is 9.32. The molecular formula is C13H9N3O2. The summed E-state index contributed by atoms with van der Waals surface area (Å²) in [6.45, 7) is 0. The van der Waals surface area contributed by atoms with E-state index in [-0.39, 0.29) is 11.6 Å². The van der Waals surface area contributed by atoms with Crippen LogP contribution in [0.25, 0.3) is 16.8 Å². The van der Waals surface area contributed by atoms with E-state index in [4.69, 9.17) is 0 Å². The smallest absolute Gasteiger partial charge is 0.185 e. The maximum atomic E-state index is 11.0. The first-order valence-corrected chi connectivity index (χ1v) is 5.37. The van der Waals surface area contributed by atoms with Gasteiger partial charge in [-0.3, -0.25) is 14.2 Å². The van der Waals surface area contributed by atoms with Crippen LogP contribution in [0.5, 0.6) is 5.75 Å². The zero-order valence-electron chi connectivity index (χ0n) is 9.32. The average molecular weight is 239 g/mol. The fraction of sp³-hybridized carbons (Fsp3) is 0. The lowest BCUT2D eigenvalue weighted by Gasteiger charge is -2.00. The highest BCUT2D eigenvalue weighted by atomic mass is 16.3. The van der Waals surface area contributed by atoms with Crippen LogP contribution >= 0.6 is 0 Å². The summed E-state index contributed by atoms with van der Waals surface area (Å²) >= 11 is 0. The van der Waals surface area contributed by atoms with Crippen LogP contribution in [0, 0.1) is 0 Å². The van der Waals surface area contributed by atoms with E-state index in [2.05, 4.69) is 9.97 Å². The van der Waals surface area contributed by atoms with E-state index in [1.807, 2.05) is 0 Å². The van der Waals surface area contributed by atoms with E-state index < -0.39 is 0 Å². The summed E-state index contributed by atoms with van der Waals surface area (Å²) in [5.74, 6) is 0.345. The maximum absolute atomic E-state index is 11.0. The lowest BCUT2D eigenvalue weighted by Crippen LogP contribution is -1.90. The predicted molar refractivity (Wildman–Crippen MR) is 65.5 cm³/mol. The minimum atomic E-state index is 0.0879. The third-order valence-electron chi connectivity index (χ3n) is 2.73. The molecular weight excluding hydrogens is 230 g/mol. The van der Waals surface area contributed by atoms with Crippen molar-refractivity contribution in [3.63, 3.8) is 0 Å². The molecule has 0 aliphatic carbocycles. The molecule has 5 heteroatoms. The number of aromatic hydroxyl groups is 1. The molecule has 18 heavy (non-hydrogen) atoms. The summed E-state index contributed by atoms with van der Waals surface area (Å²) in [7, 11) is 0. The highest BCUT2D eigenvalue weighted by Crippen LogP contribution is 2.30. The molecule has 0 saturated carbocycles. The topological polar surface area (TPSA) is 67.5 Å². The van der Waals surface area contributed by atoms with Gasteiger partial charge >= 0.3 is 0 Å². The Hall–Kier alpha value is -2.69. The first-order chi connectivity index (χ1) is 8.81. The fourth-order valence-corrected chi connectivity index (χ4v) is 1.94. The Balaban J connectivity index is 2.40. The van der Waals surface area contributed by atoms with E-state index in [1.54, 1.807) is 47.3 Å². The predicted octanol–water partition coefficient (Wildman–Crippen LogP) is 1.91. The first-order valence-electron chi connectivity index (χ1n) is 5.37. The van der Waals surface area contributed by atoms with Crippen molar-refractivity contribution in [2.24, 2.45) is 0 Å². The molecule has 0 aliphatic rings. The molecule has 0 radical (unpaired) electrons. The van der Waals surface area contributed by atoms with Crippen molar-refractivity contribution < 1.29 is 9.90 Å². The van der Waals surface area contributed by atoms with Crippen molar-refractivity contribution in [1.82, 2.24) is 14.4 Å². The van der Waals surface area contributed by atoms with Crippen LogP contribution < -0.4 is 0 Å². The van der Waals surface area contributed by atoms with Gasteiger partial charge in [0.15, 0.2) is 12.1 Å². The van der Waals surface area contributed by atoms with Gasteiger partial charge in [-0.2, -0.15) is 0 Å². The quantitative estimate of drug-likeness (QED) is 0.694. The Morgan fingerprint density at radius 3 is 2.72 bits per heavy atom. The summed E-state index contributed by atoms with van der Waals surface area (Å²) < 4.78 is 1.57. The van der Waals surface area contributed by atoms with E-state index in [1.165, 1.54) is 0 Å². The summed E-state index contributed by atoms with van der Waals surface area (Å²) in [6.07, 6.45) is 5.63. The molecule has 0 aliphatic heterocycles. The molecule has 3 aromatic heterocycles. The van der Waals surface area contributed by atoms with Gasteiger partial charge < -0.3 is 5.11 Å². The largest absolute Gasteiger partial charge is 0.506 e. The molecule has 0 spiro atoms. The van der Waals surface area contributed by atoms with Crippen LogP contribution in [0.15, 0.2) is 42.9 Å². The Morgan fingerprint density at radius 2 is 2.00 bits per heavy atom. The number of nitrogens with zero attached hydrogens (tertiary/aromatic N) is 3. The number of pyridine rings is 2. The van der Waals surface area contributed by atoms with Crippen LogP contribution in [0.3, 0.4) is 0 Å². The summed E-state index contributed by atoms with van der Waals surface area (Å²) in [5.41, 5.74) is 1.89. The lowest BCUT2D eigenvalue weighted by molar-refractivity contribution is 0.111. The van der Waals surface area contributed by atoms with Gasteiger partial charge in [-0.05, 0) is 24.3 Å². The first kappa shape index (κ1) is 10.5. The van der Waals surface area contributed by atoms with Gasteiger partial charge in [-0.1, -0.05) is 0 Å². The number of carbonyl (C=O) groups excluding carboxylic acids is 1. The third-order valence-corrected chi connectivity index (χ3v) is 2.73. The summed E-state index contributed by atoms with van der Waals surface area (Å²) in [5, 5.41) is 9.93. The van der Waals surface area contributed by atoms with E-state index in [0.29, 0.717) is 17.5 Å². The van der Waals surface area contributed by atoms with Gasteiger partial charge in [-0.15, -0.1) is 0 Å². The molecule has 0 unspecified atom stereocenters. The summed E-state index contributed by atoms with van der Waals surface area (Å²) in [6, 6.07) is 6.79. The molecule has 3 heterocycles. The van der Waals surface area contributed by atoms with Gasteiger partial charge in [0.2, 0.25) is 0 Å². The molecule has 0 amide bonds. The molecule has 0 fully saturated rings. The lowest BCUT2D eigenvalue weighted by atomic mass is 10.1. The highest BCUT2D eigenvalue weighted by Gasteiger charge is 2.14. The molecule has 5 nitrogen and oxygen atoms in total. The zero-order chi connectivity index (χ0) is 12.5. The number of hydrogen-bond donors (Lipinski definition) is 1. The summed E-state index contributed by atoms with van der Waals surface area (Å²) in [4.78, 5) is 19.2. The van der Waals surface area contributed by atoms with Gasteiger partial charge in [0, 0.05) is 24.2 Å². The van der Waals surface area contributed by atoms with Crippen LogP contribution in [-0.2, 0) is 0 Å². The number of imidazole rings is 1. The second-order valence-corrected chi connectivity index (χ2v) is 3.78. The minimum absolute atomic E-state index is 0.0879. The fourth-order valence-electron chi connectivity index (χ4n) is 1.94. The Morgan fingerprint density at radius 1 is 1.22 bits per heavy atom. The van der Waals surface area contributed by atoms with Crippen LogP contribution in [-0.4, -0.2) is 25.8 Å². The van der Waals surface area contributed by atoms with E-state index in [0.717, 1.165) is 5.56 Å². The van der Waals surface area contributed by atoms with Crippen molar-refractivity contribution >= 4 is 11.8 Å². The Labute approximate surface area is 102 Å². The molecule has 0 atom stereocenters. The second kappa shape index (κ2) is 3.96. The van der Waals surface area contributed by atoms with Crippen LogP contribution in [0.2, 0.25) is 0 Å². The second-order valence-electron chi connectivity index (χ2n) is 3.78. The molecule has 0 saturated heterocycles. The third kappa shape index (κ3) is 1.45. The van der Waals surface area contributed by atoms with E-state index >= 15 is 0 Å². The highest BCUT2D eigenvalue weighted by molar-refractivity contribution is 5.86. The van der Waals surface area contributed by atoms with Gasteiger partial charge in [0.25, 0.3) is 0 Å². The molecule has 3 aromatic rings. The van der Waals surface area contributed by atoms with Crippen LogP contribution in [0.1, 0.15) is 10.6 Å². The van der Waals surface area contributed by atoms with Gasteiger partial charge in [0.05, 0.1) is 0 Å². The SMILES string of the molecule is O=Cc1nc(-c2ccncc2)c2c(O)cccn12. The van der Waals surface area contributed by atoms with Crippen molar-refractivity contribution in [2.45, 2.75) is 0 Å². The number of aromatic nitrogens is 3. The van der Waals surface area contributed by atoms with Crippen molar-refractivity contribution in [2.75, 3.05) is 0 Å². The molecule has 0 aromatic carbocycles. The van der Waals surface area contributed by atoms with Crippen LogP contribution in [0.4, 0.5) is 0 Å². The van der Waals surface area contributed by atoms with E-state index in [9.17, 15) is 9.90 Å². The minimum Gasteiger partial charge on any atom is -0.506 e. The van der Waals surface area contributed by atoms with Gasteiger partial charge in [-0.25, -0.2) is 4.98 Å². The normalized spacial score (nSPS) is 10.7. The maximum Gasteiger partial charge on any atom is 0.185 e. The van der Waals surface area contributed by atoms with Crippen molar-refractivity contribution in [1.29, 1.82) is 0 Å². The Kier molecular flexibility index (Phi) is 2.30.